The number of aromatic amines is 1. The SMILES string of the molecule is CCN(c1nc(C)[nH]c1N)C1CCCCC1. The van der Waals surface area contributed by atoms with Crippen LogP contribution in [0.1, 0.15) is 44.9 Å². The number of hydrogen-bond acceptors (Lipinski definition) is 3. The summed E-state index contributed by atoms with van der Waals surface area (Å²) >= 11 is 0. The van der Waals surface area contributed by atoms with Crippen LogP contribution in [0.2, 0.25) is 0 Å². The van der Waals surface area contributed by atoms with Crippen molar-refractivity contribution in [2.45, 2.75) is 52.0 Å². The molecule has 1 aliphatic carbocycles. The van der Waals surface area contributed by atoms with Crippen LogP contribution in [-0.2, 0) is 0 Å². The fraction of sp³-hybridized carbons (Fsp3) is 0.750. The van der Waals surface area contributed by atoms with Gasteiger partial charge in [-0.05, 0) is 26.7 Å². The molecule has 90 valence electrons. The van der Waals surface area contributed by atoms with Gasteiger partial charge in [-0.25, -0.2) is 4.98 Å². The van der Waals surface area contributed by atoms with Gasteiger partial charge in [0.15, 0.2) is 5.82 Å². The van der Waals surface area contributed by atoms with Crippen molar-refractivity contribution in [3.63, 3.8) is 0 Å². The second-order valence-electron chi connectivity index (χ2n) is 4.64. The third kappa shape index (κ3) is 2.15. The van der Waals surface area contributed by atoms with Gasteiger partial charge in [0.25, 0.3) is 0 Å². The minimum atomic E-state index is 0.628. The van der Waals surface area contributed by atoms with Crippen LogP contribution in [0.15, 0.2) is 0 Å². The predicted molar refractivity (Wildman–Crippen MR) is 67.6 cm³/mol. The van der Waals surface area contributed by atoms with Gasteiger partial charge in [0.05, 0.1) is 0 Å². The number of aromatic nitrogens is 2. The molecule has 0 aliphatic heterocycles. The Kier molecular flexibility index (Phi) is 3.36. The van der Waals surface area contributed by atoms with Crippen molar-refractivity contribution in [3.05, 3.63) is 5.82 Å². The summed E-state index contributed by atoms with van der Waals surface area (Å²) in [7, 11) is 0. The van der Waals surface area contributed by atoms with Gasteiger partial charge in [0, 0.05) is 12.6 Å². The van der Waals surface area contributed by atoms with E-state index in [1.54, 1.807) is 0 Å². The highest BCUT2D eigenvalue weighted by Gasteiger charge is 2.23. The Hall–Kier alpha value is -1.19. The van der Waals surface area contributed by atoms with E-state index in [0.29, 0.717) is 11.9 Å². The van der Waals surface area contributed by atoms with Crippen molar-refractivity contribution in [2.75, 3.05) is 17.2 Å². The molecular formula is C12H22N4. The first-order chi connectivity index (χ1) is 7.72. The highest BCUT2D eigenvalue weighted by molar-refractivity contribution is 5.59. The molecule has 1 heterocycles. The van der Waals surface area contributed by atoms with Crippen LogP contribution in [0.5, 0.6) is 0 Å². The van der Waals surface area contributed by atoms with Crippen molar-refractivity contribution in [1.29, 1.82) is 0 Å². The van der Waals surface area contributed by atoms with Gasteiger partial charge in [-0.15, -0.1) is 0 Å². The van der Waals surface area contributed by atoms with E-state index in [1.807, 2.05) is 6.92 Å². The molecule has 1 saturated carbocycles. The lowest BCUT2D eigenvalue weighted by Gasteiger charge is -2.34. The van der Waals surface area contributed by atoms with E-state index in [0.717, 1.165) is 18.2 Å². The predicted octanol–water partition coefficient (Wildman–Crippen LogP) is 2.46. The molecule has 4 nitrogen and oxygen atoms in total. The zero-order valence-corrected chi connectivity index (χ0v) is 10.3. The smallest absolute Gasteiger partial charge is 0.171 e. The Labute approximate surface area is 97.2 Å². The standard InChI is InChI=1S/C12H22N4/c1-3-16(10-7-5-4-6-8-10)12-11(13)14-9(2)15-12/h10H,3-8,13H2,1-2H3,(H,14,15). The van der Waals surface area contributed by atoms with Crippen molar-refractivity contribution in [1.82, 2.24) is 9.97 Å². The molecule has 3 N–H and O–H groups in total. The molecule has 0 bridgehead atoms. The third-order valence-electron chi connectivity index (χ3n) is 3.46. The summed E-state index contributed by atoms with van der Waals surface area (Å²) < 4.78 is 0. The number of nitrogens with zero attached hydrogens (tertiary/aromatic N) is 2. The average Bonchev–Trinajstić information content (AvgIpc) is 2.61. The molecule has 0 aromatic carbocycles. The van der Waals surface area contributed by atoms with Crippen LogP contribution in [0.25, 0.3) is 0 Å². The highest BCUT2D eigenvalue weighted by Crippen LogP contribution is 2.29. The van der Waals surface area contributed by atoms with Gasteiger partial charge >= 0.3 is 0 Å². The minimum Gasteiger partial charge on any atom is -0.382 e. The van der Waals surface area contributed by atoms with Crippen LogP contribution in [0, 0.1) is 6.92 Å². The lowest BCUT2D eigenvalue weighted by Crippen LogP contribution is -2.37. The summed E-state index contributed by atoms with van der Waals surface area (Å²) in [6.07, 6.45) is 6.61. The number of imidazole rings is 1. The van der Waals surface area contributed by atoms with Crippen molar-refractivity contribution >= 4 is 11.6 Å². The zero-order valence-electron chi connectivity index (χ0n) is 10.3. The average molecular weight is 222 g/mol. The molecule has 0 amide bonds. The monoisotopic (exact) mass is 222 g/mol. The first-order valence-corrected chi connectivity index (χ1v) is 6.31. The van der Waals surface area contributed by atoms with Gasteiger partial charge in [-0.3, -0.25) is 0 Å². The summed E-state index contributed by atoms with van der Waals surface area (Å²) in [4.78, 5) is 9.95. The van der Waals surface area contributed by atoms with E-state index < -0.39 is 0 Å². The Morgan fingerprint density at radius 1 is 1.38 bits per heavy atom. The maximum atomic E-state index is 5.96. The first-order valence-electron chi connectivity index (χ1n) is 6.31. The molecule has 0 spiro atoms. The van der Waals surface area contributed by atoms with E-state index in [4.69, 9.17) is 5.73 Å². The number of rotatable bonds is 3. The minimum absolute atomic E-state index is 0.628. The molecule has 0 atom stereocenters. The van der Waals surface area contributed by atoms with Gasteiger partial charge in [-0.2, -0.15) is 0 Å². The van der Waals surface area contributed by atoms with Gasteiger partial charge in [-0.1, -0.05) is 19.3 Å². The first kappa shape index (κ1) is 11.3. The van der Waals surface area contributed by atoms with Gasteiger partial charge in [0.2, 0.25) is 0 Å². The molecule has 16 heavy (non-hydrogen) atoms. The van der Waals surface area contributed by atoms with Crippen LogP contribution in [-0.4, -0.2) is 22.6 Å². The molecule has 1 aliphatic rings. The van der Waals surface area contributed by atoms with Crippen LogP contribution >= 0.6 is 0 Å². The topological polar surface area (TPSA) is 57.9 Å². The lowest BCUT2D eigenvalue weighted by atomic mass is 9.94. The summed E-state index contributed by atoms with van der Waals surface area (Å²) in [5, 5.41) is 0. The van der Waals surface area contributed by atoms with Crippen LogP contribution in [0.3, 0.4) is 0 Å². The zero-order chi connectivity index (χ0) is 11.5. The van der Waals surface area contributed by atoms with Crippen molar-refractivity contribution < 1.29 is 0 Å². The Balaban J connectivity index is 2.17. The second kappa shape index (κ2) is 4.76. The van der Waals surface area contributed by atoms with Crippen molar-refractivity contribution in [2.24, 2.45) is 0 Å². The van der Waals surface area contributed by atoms with E-state index >= 15 is 0 Å². The Morgan fingerprint density at radius 3 is 2.56 bits per heavy atom. The summed E-state index contributed by atoms with van der Waals surface area (Å²) in [5.41, 5.74) is 5.96. The number of nitrogens with two attached hydrogens (primary N) is 1. The van der Waals surface area contributed by atoms with Gasteiger partial charge in [0.1, 0.15) is 11.6 Å². The fourth-order valence-corrected chi connectivity index (χ4v) is 2.69. The maximum absolute atomic E-state index is 5.96. The number of aryl methyl sites for hydroxylation is 1. The third-order valence-corrected chi connectivity index (χ3v) is 3.46. The van der Waals surface area contributed by atoms with E-state index in [-0.39, 0.29) is 0 Å². The maximum Gasteiger partial charge on any atom is 0.171 e. The molecular weight excluding hydrogens is 200 g/mol. The number of anilines is 2. The summed E-state index contributed by atoms with van der Waals surface area (Å²) in [6, 6.07) is 0.628. The molecule has 1 aromatic rings. The quantitative estimate of drug-likeness (QED) is 0.826. The lowest BCUT2D eigenvalue weighted by molar-refractivity contribution is 0.417. The van der Waals surface area contributed by atoms with E-state index in [9.17, 15) is 0 Å². The molecule has 1 aromatic heterocycles. The second-order valence-corrected chi connectivity index (χ2v) is 4.64. The Bertz CT molecular complexity index is 339. The number of nitrogen functional groups attached to an aromatic ring is 1. The summed E-state index contributed by atoms with van der Waals surface area (Å²) in [6.45, 7) is 5.12. The number of hydrogen-bond donors (Lipinski definition) is 2. The van der Waals surface area contributed by atoms with E-state index in [1.165, 1.54) is 32.1 Å². The molecule has 2 rings (SSSR count). The molecule has 0 saturated heterocycles. The van der Waals surface area contributed by atoms with Crippen molar-refractivity contribution in [3.8, 4) is 0 Å². The molecule has 0 radical (unpaired) electrons. The fourth-order valence-electron chi connectivity index (χ4n) is 2.69. The molecule has 1 fully saturated rings. The molecule has 0 unspecified atom stereocenters. The summed E-state index contributed by atoms with van der Waals surface area (Å²) in [5.74, 6) is 2.57. The largest absolute Gasteiger partial charge is 0.382 e. The number of nitrogens with one attached hydrogen (secondary N) is 1. The van der Waals surface area contributed by atoms with Crippen LogP contribution < -0.4 is 10.6 Å². The highest BCUT2D eigenvalue weighted by atomic mass is 15.3. The number of H-pyrrole nitrogens is 1. The normalized spacial score (nSPS) is 17.6. The Morgan fingerprint density at radius 2 is 2.06 bits per heavy atom. The molecule has 4 heteroatoms. The van der Waals surface area contributed by atoms with E-state index in [2.05, 4.69) is 21.8 Å². The van der Waals surface area contributed by atoms with Crippen LogP contribution in [0.4, 0.5) is 11.6 Å². The van der Waals surface area contributed by atoms with Gasteiger partial charge < -0.3 is 15.6 Å².